The Morgan fingerprint density at radius 1 is 0.900 bits per heavy atom. The fourth-order valence-electron chi connectivity index (χ4n) is 0.741. The maximum absolute atomic E-state index is 12.3. The lowest BCUT2D eigenvalue weighted by Gasteiger charge is -2.16. The highest BCUT2D eigenvalue weighted by Crippen LogP contribution is 2.60. The van der Waals surface area contributed by atoms with Crippen molar-refractivity contribution in [3.8, 4) is 0 Å². The Hall–Kier alpha value is -1.09. The van der Waals surface area contributed by atoms with Crippen molar-refractivity contribution in [2.75, 3.05) is 40.1 Å². The van der Waals surface area contributed by atoms with Gasteiger partial charge in [-0.1, -0.05) is 0 Å². The average Bonchev–Trinajstić information content (AvgIpc) is 2.47. The predicted molar refractivity (Wildman–Crippen MR) is 74.2 cm³/mol. The minimum Gasteiger partial charge on any atom is -0.358 e. The second kappa shape index (κ2) is 9.76. The summed E-state index contributed by atoms with van der Waals surface area (Å²) in [6.07, 6.45) is 0. The lowest BCUT2D eigenvalue weighted by Crippen LogP contribution is -2.25. The summed E-state index contributed by atoms with van der Waals surface area (Å²) in [5.74, 6) is -1.58. The number of carbonyl (C=O) groups is 3. The second-order valence-corrected chi connectivity index (χ2v) is 7.36. The van der Waals surface area contributed by atoms with Gasteiger partial charge in [-0.05, 0) is 11.4 Å². The Bertz CT molecular complexity index is 348. The molecule has 0 atom stereocenters. The first-order chi connectivity index (χ1) is 9.36. The molecule has 11 heteroatoms. The largest absolute Gasteiger partial charge is 0.390 e. The maximum Gasteiger partial charge on any atom is 0.390 e. The summed E-state index contributed by atoms with van der Waals surface area (Å²) in [6.45, 7) is -4.78. The first-order valence-corrected chi connectivity index (χ1v) is 8.65. The molecule has 9 nitrogen and oxygen atoms in total. The zero-order valence-corrected chi connectivity index (χ0v) is 13.1. The summed E-state index contributed by atoms with van der Waals surface area (Å²) in [7, 11) is 4.20. The summed E-state index contributed by atoms with van der Waals surface area (Å²) < 4.78 is 22.0. The standard InChI is InChI=1S/C9H18N3O6PS/c1-10-7(13)4-17-19(16,18-5-8(14)11-2)20-6-9(15)12-3/h4-6H2,1-3H3,(H,10,13)(H,11,14)(H,12,15). The molecule has 116 valence electrons. The van der Waals surface area contributed by atoms with Crippen molar-refractivity contribution in [1.82, 2.24) is 16.0 Å². The normalized spacial score (nSPS) is 10.8. The first kappa shape index (κ1) is 18.9. The van der Waals surface area contributed by atoms with Crippen LogP contribution in [-0.4, -0.2) is 57.8 Å². The van der Waals surface area contributed by atoms with Crippen molar-refractivity contribution < 1.29 is 28.0 Å². The van der Waals surface area contributed by atoms with Crippen molar-refractivity contribution in [2.24, 2.45) is 0 Å². The Balaban J connectivity index is 4.56. The van der Waals surface area contributed by atoms with Gasteiger partial charge in [0.2, 0.25) is 17.7 Å². The zero-order valence-electron chi connectivity index (χ0n) is 11.4. The quantitative estimate of drug-likeness (QED) is 0.469. The smallest absolute Gasteiger partial charge is 0.358 e. The Morgan fingerprint density at radius 3 is 1.65 bits per heavy atom. The van der Waals surface area contributed by atoms with Gasteiger partial charge in [-0.2, -0.15) is 0 Å². The minimum absolute atomic E-state index is 0.185. The van der Waals surface area contributed by atoms with Crippen LogP contribution < -0.4 is 16.0 Å². The number of carbonyl (C=O) groups excluding carboxylic acids is 3. The third-order valence-corrected chi connectivity index (χ3v) is 5.46. The van der Waals surface area contributed by atoms with Crippen LogP contribution in [0.3, 0.4) is 0 Å². The molecule has 0 radical (unpaired) electrons. The number of rotatable bonds is 9. The monoisotopic (exact) mass is 327 g/mol. The van der Waals surface area contributed by atoms with Crippen LogP contribution in [0.5, 0.6) is 0 Å². The van der Waals surface area contributed by atoms with E-state index in [2.05, 4.69) is 16.0 Å². The summed E-state index contributed by atoms with van der Waals surface area (Å²) in [5, 5.41) is 6.90. The van der Waals surface area contributed by atoms with Gasteiger partial charge in [-0.25, -0.2) is 4.57 Å². The molecule has 0 unspecified atom stereocenters. The summed E-state index contributed by atoms with van der Waals surface area (Å²) in [6, 6.07) is 0. The Labute approximate surface area is 120 Å². The van der Waals surface area contributed by atoms with Gasteiger partial charge >= 0.3 is 6.80 Å². The van der Waals surface area contributed by atoms with E-state index >= 15 is 0 Å². The molecule has 0 aliphatic rings. The van der Waals surface area contributed by atoms with E-state index in [-0.39, 0.29) is 11.7 Å². The Morgan fingerprint density at radius 2 is 1.30 bits per heavy atom. The van der Waals surface area contributed by atoms with Gasteiger partial charge in [-0.15, -0.1) is 0 Å². The number of nitrogens with one attached hydrogen (secondary N) is 3. The van der Waals surface area contributed by atoms with Gasteiger partial charge in [0.1, 0.15) is 13.2 Å². The van der Waals surface area contributed by atoms with Crippen molar-refractivity contribution in [3.63, 3.8) is 0 Å². The molecule has 0 aromatic carbocycles. The number of amides is 3. The maximum atomic E-state index is 12.3. The van der Waals surface area contributed by atoms with E-state index in [1.807, 2.05) is 0 Å². The van der Waals surface area contributed by atoms with Crippen molar-refractivity contribution in [3.05, 3.63) is 0 Å². The van der Waals surface area contributed by atoms with E-state index in [1.54, 1.807) is 0 Å². The third kappa shape index (κ3) is 8.16. The molecule has 0 aliphatic carbocycles. The van der Waals surface area contributed by atoms with Crippen LogP contribution in [0.1, 0.15) is 0 Å². The third-order valence-electron chi connectivity index (χ3n) is 1.90. The van der Waals surface area contributed by atoms with Gasteiger partial charge in [0, 0.05) is 21.1 Å². The van der Waals surface area contributed by atoms with E-state index in [9.17, 15) is 18.9 Å². The molecule has 0 fully saturated rings. The molecule has 0 bridgehead atoms. The molecule has 3 amide bonds. The molecule has 0 spiro atoms. The van der Waals surface area contributed by atoms with Crippen molar-refractivity contribution in [1.29, 1.82) is 0 Å². The van der Waals surface area contributed by atoms with Crippen LogP contribution in [-0.2, 0) is 28.0 Å². The van der Waals surface area contributed by atoms with Gasteiger partial charge in [0.05, 0.1) is 5.75 Å². The van der Waals surface area contributed by atoms with E-state index in [1.165, 1.54) is 21.1 Å². The topological polar surface area (TPSA) is 123 Å². The fraction of sp³-hybridized carbons (Fsp3) is 0.667. The average molecular weight is 327 g/mol. The van der Waals surface area contributed by atoms with Crippen LogP contribution in [0.2, 0.25) is 0 Å². The van der Waals surface area contributed by atoms with E-state index in [4.69, 9.17) is 9.05 Å². The molecular formula is C9H18N3O6PS. The molecule has 0 heterocycles. The molecule has 20 heavy (non-hydrogen) atoms. The summed E-state index contributed by atoms with van der Waals surface area (Å²) in [4.78, 5) is 33.3. The van der Waals surface area contributed by atoms with Crippen LogP contribution in [0.25, 0.3) is 0 Å². The van der Waals surface area contributed by atoms with Crippen molar-refractivity contribution in [2.45, 2.75) is 0 Å². The highest BCUT2D eigenvalue weighted by atomic mass is 32.7. The van der Waals surface area contributed by atoms with Crippen LogP contribution in [0, 0.1) is 0 Å². The molecule has 0 saturated heterocycles. The van der Waals surface area contributed by atoms with E-state index in [0.717, 1.165) is 0 Å². The van der Waals surface area contributed by atoms with Crippen LogP contribution >= 0.6 is 18.2 Å². The second-order valence-electron chi connectivity index (χ2n) is 3.29. The molecule has 0 aliphatic heterocycles. The lowest BCUT2D eigenvalue weighted by molar-refractivity contribution is -0.123. The van der Waals surface area contributed by atoms with Gasteiger partial charge in [0.25, 0.3) is 0 Å². The fourth-order valence-corrected chi connectivity index (χ4v) is 3.52. The molecule has 0 rings (SSSR count). The number of hydrogen-bond acceptors (Lipinski definition) is 7. The number of hydrogen-bond donors (Lipinski definition) is 3. The van der Waals surface area contributed by atoms with Gasteiger partial charge in [-0.3, -0.25) is 23.4 Å². The molecule has 0 aromatic heterocycles. The highest BCUT2D eigenvalue weighted by molar-refractivity contribution is 8.55. The lowest BCUT2D eigenvalue weighted by atomic mass is 10.7. The van der Waals surface area contributed by atoms with Gasteiger partial charge in [0.15, 0.2) is 0 Å². The van der Waals surface area contributed by atoms with E-state index in [0.29, 0.717) is 11.4 Å². The first-order valence-electron chi connectivity index (χ1n) is 5.52. The van der Waals surface area contributed by atoms with Crippen LogP contribution in [0.15, 0.2) is 0 Å². The summed E-state index contributed by atoms with van der Waals surface area (Å²) in [5.41, 5.74) is 0. The summed E-state index contributed by atoms with van der Waals surface area (Å²) >= 11 is 0.601. The van der Waals surface area contributed by atoms with Crippen molar-refractivity contribution >= 4 is 35.9 Å². The molecule has 0 aromatic rings. The Kier molecular flexibility index (Phi) is 9.23. The molecule has 0 saturated carbocycles. The molecule has 3 N–H and O–H groups in total. The minimum atomic E-state index is -3.79. The SMILES string of the molecule is CNC(=O)COP(=O)(OCC(=O)NC)SCC(=O)NC. The van der Waals surface area contributed by atoms with Gasteiger partial charge < -0.3 is 16.0 Å². The predicted octanol–water partition coefficient (Wildman–Crippen LogP) is -0.901. The zero-order chi connectivity index (χ0) is 15.6. The highest BCUT2D eigenvalue weighted by Gasteiger charge is 2.29. The van der Waals surface area contributed by atoms with Crippen LogP contribution in [0.4, 0.5) is 0 Å². The number of likely N-dealkylation sites (N-methyl/N-ethyl adjacent to an activating group) is 2. The molecular weight excluding hydrogens is 309 g/mol. The van der Waals surface area contributed by atoms with E-state index < -0.39 is 31.8 Å².